The van der Waals surface area contributed by atoms with Crippen molar-refractivity contribution in [2.24, 2.45) is 5.41 Å². The summed E-state index contributed by atoms with van der Waals surface area (Å²) in [6.45, 7) is 1.83. The molecule has 1 aromatic heterocycles. The quantitative estimate of drug-likeness (QED) is 0.870. The van der Waals surface area contributed by atoms with Crippen LogP contribution >= 0.6 is 0 Å². The van der Waals surface area contributed by atoms with Crippen LogP contribution in [0.5, 0.6) is 0 Å². The fourth-order valence-electron chi connectivity index (χ4n) is 3.30. The molecule has 2 unspecified atom stereocenters. The highest BCUT2D eigenvalue weighted by atomic mass is 16.4. The van der Waals surface area contributed by atoms with Crippen molar-refractivity contribution in [3.05, 3.63) is 17.6 Å². The van der Waals surface area contributed by atoms with Crippen LogP contribution in [0.2, 0.25) is 0 Å². The van der Waals surface area contributed by atoms with E-state index in [-0.39, 0.29) is 6.04 Å². The van der Waals surface area contributed by atoms with Crippen LogP contribution in [0.25, 0.3) is 0 Å². The number of fused-ring (bicyclic) bond motifs is 1. The van der Waals surface area contributed by atoms with Crippen LogP contribution in [0.3, 0.4) is 0 Å². The number of nitrogens with zero attached hydrogens (tertiary/aromatic N) is 2. The maximum absolute atomic E-state index is 11.5. The SMILES string of the molecule is CC1(C(=O)O)CCCC1Nc1ncnc2c1CCC2. The van der Waals surface area contributed by atoms with Crippen LogP contribution in [0.1, 0.15) is 43.9 Å². The number of hydrogen-bond donors (Lipinski definition) is 2. The van der Waals surface area contributed by atoms with Gasteiger partial charge in [0.1, 0.15) is 12.1 Å². The second-order valence-electron chi connectivity index (χ2n) is 5.81. The summed E-state index contributed by atoms with van der Waals surface area (Å²) in [6.07, 6.45) is 7.27. The van der Waals surface area contributed by atoms with Crippen LogP contribution in [-0.2, 0) is 17.6 Å². The normalized spacial score (nSPS) is 29.2. The Hall–Kier alpha value is -1.65. The molecule has 5 nitrogen and oxygen atoms in total. The van der Waals surface area contributed by atoms with Gasteiger partial charge in [-0.1, -0.05) is 6.42 Å². The van der Waals surface area contributed by atoms with E-state index in [1.165, 1.54) is 5.56 Å². The Bertz CT molecular complexity index is 517. The second kappa shape index (κ2) is 4.47. The lowest BCUT2D eigenvalue weighted by Gasteiger charge is -2.28. The molecule has 5 heteroatoms. The number of nitrogens with one attached hydrogen (secondary N) is 1. The van der Waals surface area contributed by atoms with Crippen molar-refractivity contribution in [1.29, 1.82) is 0 Å². The van der Waals surface area contributed by atoms with Gasteiger partial charge in [-0.15, -0.1) is 0 Å². The number of anilines is 1. The molecule has 102 valence electrons. The predicted octanol–water partition coefficient (Wildman–Crippen LogP) is 2.02. The number of carboxylic acid groups (broad SMARTS) is 1. The summed E-state index contributed by atoms with van der Waals surface area (Å²) in [5, 5.41) is 12.8. The van der Waals surface area contributed by atoms with Gasteiger partial charge in [-0.05, 0) is 39.0 Å². The van der Waals surface area contributed by atoms with Crippen molar-refractivity contribution in [2.75, 3.05) is 5.32 Å². The fraction of sp³-hybridized carbons (Fsp3) is 0.643. The van der Waals surface area contributed by atoms with Crippen LogP contribution in [0, 0.1) is 5.41 Å². The first kappa shape index (κ1) is 12.4. The van der Waals surface area contributed by atoms with E-state index in [1.54, 1.807) is 6.33 Å². The summed E-state index contributed by atoms with van der Waals surface area (Å²) in [6, 6.07) is -0.0374. The van der Waals surface area contributed by atoms with Gasteiger partial charge in [0.2, 0.25) is 0 Å². The highest BCUT2D eigenvalue weighted by Crippen LogP contribution is 2.40. The minimum absolute atomic E-state index is 0.0374. The molecule has 2 aliphatic rings. The molecule has 0 spiro atoms. The standard InChI is InChI=1S/C14H19N3O2/c1-14(13(18)19)7-3-6-11(14)17-12-9-4-2-5-10(9)15-8-16-12/h8,11H,2-7H2,1H3,(H,18,19)(H,15,16,17). The van der Waals surface area contributed by atoms with Crippen LogP contribution < -0.4 is 5.32 Å². The van der Waals surface area contributed by atoms with Crippen LogP contribution in [0.4, 0.5) is 5.82 Å². The number of aliphatic carboxylic acids is 1. The van der Waals surface area contributed by atoms with Gasteiger partial charge in [0.15, 0.2) is 0 Å². The van der Waals surface area contributed by atoms with Crippen molar-refractivity contribution < 1.29 is 9.90 Å². The average Bonchev–Trinajstić information content (AvgIpc) is 2.98. The zero-order valence-corrected chi connectivity index (χ0v) is 11.1. The summed E-state index contributed by atoms with van der Waals surface area (Å²) in [7, 11) is 0. The molecule has 0 aromatic carbocycles. The molecule has 2 atom stereocenters. The maximum Gasteiger partial charge on any atom is 0.311 e. The molecule has 1 heterocycles. The molecular formula is C14H19N3O2. The summed E-state index contributed by atoms with van der Waals surface area (Å²) in [4.78, 5) is 20.1. The van der Waals surface area contributed by atoms with E-state index in [0.717, 1.165) is 50.0 Å². The lowest BCUT2D eigenvalue weighted by molar-refractivity contribution is -0.147. The van der Waals surface area contributed by atoms with Gasteiger partial charge in [0.05, 0.1) is 5.41 Å². The summed E-state index contributed by atoms with van der Waals surface area (Å²) >= 11 is 0. The molecule has 0 aliphatic heterocycles. The summed E-state index contributed by atoms with van der Waals surface area (Å²) in [5.74, 6) is 0.134. The van der Waals surface area contributed by atoms with E-state index in [0.29, 0.717) is 0 Å². The lowest BCUT2D eigenvalue weighted by atomic mass is 9.85. The summed E-state index contributed by atoms with van der Waals surface area (Å²) in [5.41, 5.74) is 1.62. The summed E-state index contributed by atoms with van der Waals surface area (Å²) < 4.78 is 0. The lowest BCUT2D eigenvalue weighted by Crippen LogP contribution is -2.40. The molecule has 2 N–H and O–H groups in total. The van der Waals surface area contributed by atoms with E-state index in [1.807, 2.05) is 6.92 Å². The van der Waals surface area contributed by atoms with E-state index in [9.17, 15) is 9.90 Å². The third-order valence-corrected chi connectivity index (χ3v) is 4.63. The Morgan fingerprint density at radius 1 is 1.42 bits per heavy atom. The number of carboxylic acids is 1. The number of carbonyl (C=O) groups is 1. The van der Waals surface area contributed by atoms with E-state index >= 15 is 0 Å². The Morgan fingerprint density at radius 2 is 2.26 bits per heavy atom. The van der Waals surface area contributed by atoms with Crippen LogP contribution in [-0.4, -0.2) is 27.1 Å². The van der Waals surface area contributed by atoms with Gasteiger partial charge in [-0.2, -0.15) is 0 Å². The third-order valence-electron chi connectivity index (χ3n) is 4.63. The smallest absolute Gasteiger partial charge is 0.311 e. The van der Waals surface area contributed by atoms with E-state index in [4.69, 9.17) is 0 Å². The fourth-order valence-corrected chi connectivity index (χ4v) is 3.30. The number of aryl methyl sites for hydroxylation is 1. The van der Waals surface area contributed by atoms with Gasteiger partial charge < -0.3 is 10.4 Å². The first-order chi connectivity index (χ1) is 9.11. The minimum Gasteiger partial charge on any atom is -0.481 e. The average molecular weight is 261 g/mol. The molecule has 0 bridgehead atoms. The zero-order chi connectivity index (χ0) is 13.5. The van der Waals surface area contributed by atoms with Crippen LogP contribution in [0.15, 0.2) is 6.33 Å². The van der Waals surface area contributed by atoms with Crippen molar-refractivity contribution >= 4 is 11.8 Å². The van der Waals surface area contributed by atoms with Crippen molar-refractivity contribution in [2.45, 2.75) is 51.5 Å². The van der Waals surface area contributed by atoms with E-state index < -0.39 is 11.4 Å². The molecule has 1 fully saturated rings. The maximum atomic E-state index is 11.5. The number of rotatable bonds is 3. The Kier molecular flexibility index (Phi) is 2.92. The molecule has 1 aromatic rings. The largest absolute Gasteiger partial charge is 0.481 e. The zero-order valence-electron chi connectivity index (χ0n) is 11.1. The monoisotopic (exact) mass is 261 g/mol. The first-order valence-electron chi connectivity index (χ1n) is 6.94. The molecule has 0 radical (unpaired) electrons. The molecular weight excluding hydrogens is 242 g/mol. The van der Waals surface area contributed by atoms with Gasteiger partial charge in [-0.25, -0.2) is 9.97 Å². The highest BCUT2D eigenvalue weighted by Gasteiger charge is 2.45. The molecule has 19 heavy (non-hydrogen) atoms. The van der Waals surface area contributed by atoms with Crippen molar-refractivity contribution in [3.8, 4) is 0 Å². The molecule has 3 rings (SSSR count). The van der Waals surface area contributed by atoms with Gasteiger partial charge in [-0.3, -0.25) is 4.79 Å². The van der Waals surface area contributed by atoms with Gasteiger partial charge in [0.25, 0.3) is 0 Å². The topological polar surface area (TPSA) is 75.1 Å². The minimum atomic E-state index is -0.715. The second-order valence-corrected chi connectivity index (χ2v) is 5.81. The number of aromatic nitrogens is 2. The molecule has 1 saturated carbocycles. The third kappa shape index (κ3) is 1.97. The van der Waals surface area contributed by atoms with Crippen molar-refractivity contribution in [1.82, 2.24) is 9.97 Å². The Balaban J connectivity index is 1.86. The predicted molar refractivity (Wildman–Crippen MR) is 71.1 cm³/mol. The molecule has 2 aliphatic carbocycles. The molecule has 0 amide bonds. The van der Waals surface area contributed by atoms with Gasteiger partial charge in [0, 0.05) is 17.3 Å². The Labute approximate surface area is 112 Å². The first-order valence-corrected chi connectivity index (χ1v) is 6.94. The van der Waals surface area contributed by atoms with Crippen molar-refractivity contribution in [3.63, 3.8) is 0 Å². The molecule has 0 saturated heterocycles. The number of hydrogen-bond acceptors (Lipinski definition) is 4. The Morgan fingerprint density at radius 3 is 3.05 bits per heavy atom. The van der Waals surface area contributed by atoms with Gasteiger partial charge >= 0.3 is 5.97 Å². The van der Waals surface area contributed by atoms with E-state index in [2.05, 4.69) is 15.3 Å². The highest BCUT2D eigenvalue weighted by molar-refractivity contribution is 5.76.